The first kappa shape index (κ1) is 20.0. The molecule has 0 spiro atoms. The van der Waals surface area contributed by atoms with Crippen molar-refractivity contribution in [3.8, 4) is 0 Å². The maximum absolute atomic E-state index is 13.3. The molecule has 0 unspecified atom stereocenters. The van der Waals surface area contributed by atoms with Crippen molar-refractivity contribution in [2.75, 3.05) is 52.4 Å². The molecule has 1 N–H and O–H groups in total. The van der Waals surface area contributed by atoms with Crippen molar-refractivity contribution < 1.29 is 13.6 Å². The first-order valence-corrected chi connectivity index (χ1v) is 9.96. The Balaban J connectivity index is 1.38. The summed E-state index contributed by atoms with van der Waals surface area (Å²) in [7, 11) is 0. The molecule has 150 valence electrons. The van der Waals surface area contributed by atoms with Crippen LogP contribution >= 0.6 is 0 Å². The number of piperazine rings is 1. The molecule has 0 saturated carbocycles. The number of likely N-dealkylation sites (tertiary alicyclic amines) is 1. The summed E-state index contributed by atoms with van der Waals surface area (Å²) in [5.41, 5.74) is 0.628. The Morgan fingerprint density at radius 3 is 2.44 bits per heavy atom. The van der Waals surface area contributed by atoms with Gasteiger partial charge in [-0.25, -0.2) is 13.6 Å². The fourth-order valence-electron chi connectivity index (χ4n) is 4.01. The summed E-state index contributed by atoms with van der Waals surface area (Å²) in [5.74, 6) is -0.551. The Hall–Kier alpha value is -1.73. The van der Waals surface area contributed by atoms with Gasteiger partial charge in [-0.1, -0.05) is 6.92 Å². The highest BCUT2D eigenvalue weighted by molar-refractivity contribution is 5.74. The molecule has 0 aliphatic carbocycles. The largest absolute Gasteiger partial charge is 0.338 e. The quantitative estimate of drug-likeness (QED) is 0.824. The molecule has 27 heavy (non-hydrogen) atoms. The fourth-order valence-corrected chi connectivity index (χ4v) is 4.01. The van der Waals surface area contributed by atoms with Crippen molar-refractivity contribution in [3.05, 3.63) is 35.4 Å². The number of hydrogen-bond donors (Lipinski definition) is 1. The minimum absolute atomic E-state index is 0.000363. The molecule has 1 aromatic rings. The monoisotopic (exact) mass is 380 g/mol. The number of nitrogens with zero attached hydrogens (tertiary/aromatic N) is 3. The highest BCUT2D eigenvalue weighted by atomic mass is 19.1. The van der Waals surface area contributed by atoms with E-state index in [4.69, 9.17) is 0 Å². The van der Waals surface area contributed by atoms with E-state index in [0.29, 0.717) is 44.2 Å². The number of nitrogens with one attached hydrogen (secondary N) is 1. The van der Waals surface area contributed by atoms with Gasteiger partial charge in [-0.15, -0.1) is 0 Å². The number of urea groups is 1. The molecule has 3 rings (SSSR count). The van der Waals surface area contributed by atoms with Crippen LogP contribution in [0.25, 0.3) is 0 Å². The van der Waals surface area contributed by atoms with Gasteiger partial charge < -0.3 is 15.1 Å². The van der Waals surface area contributed by atoms with Crippen molar-refractivity contribution in [1.29, 1.82) is 0 Å². The van der Waals surface area contributed by atoms with Crippen molar-refractivity contribution in [2.24, 2.45) is 5.92 Å². The van der Waals surface area contributed by atoms with Crippen LogP contribution in [0.4, 0.5) is 13.6 Å². The van der Waals surface area contributed by atoms with E-state index >= 15 is 0 Å². The van der Waals surface area contributed by atoms with Crippen LogP contribution < -0.4 is 5.32 Å². The molecule has 7 heteroatoms. The Morgan fingerprint density at radius 1 is 1.07 bits per heavy atom. The van der Waals surface area contributed by atoms with Gasteiger partial charge >= 0.3 is 6.03 Å². The molecule has 2 aliphatic heterocycles. The van der Waals surface area contributed by atoms with Crippen molar-refractivity contribution in [1.82, 2.24) is 20.0 Å². The van der Waals surface area contributed by atoms with Crippen LogP contribution in [0.5, 0.6) is 0 Å². The molecule has 2 aliphatic rings. The standard InChI is InChI=1S/C20H30F2N4O/c1-2-4-24-5-3-16(14-24)13-23-20(27)26-8-6-25(7-9-26)15-17-10-18(21)12-19(22)11-17/h10-12,16H,2-9,13-15H2,1H3,(H,23,27)/t16-/m0/s1. The molecule has 0 bridgehead atoms. The van der Waals surface area contributed by atoms with Gasteiger partial charge in [0.05, 0.1) is 0 Å². The zero-order chi connectivity index (χ0) is 19.2. The molecule has 0 aromatic heterocycles. The van der Waals surface area contributed by atoms with E-state index in [-0.39, 0.29) is 6.03 Å². The topological polar surface area (TPSA) is 38.8 Å². The second-order valence-corrected chi connectivity index (χ2v) is 7.68. The first-order chi connectivity index (χ1) is 13.0. The first-order valence-electron chi connectivity index (χ1n) is 9.96. The summed E-state index contributed by atoms with van der Waals surface area (Å²) in [6.07, 6.45) is 2.32. The Labute approximate surface area is 160 Å². The van der Waals surface area contributed by atoms with Crippen LogP contribution in [-0.2, 0) is 6.54 Å². The number of rotatable bonds is 6. The summed E-state index contributed by atoms with van der Waals surface area (Å²) in [5, 5.41) is 3.08. The zero-order valence-corrected chi connectivity index (χ0v) is 16.1. The van der Waals surface area contributed by atoms with E-state index in [0.717, 1.165) is 38.7 Å². The minimum atomic E-state index is -0.549. The molecule has 2 saturated heterocycles. The van der Waals surface area contributed by atoms with E-state index in [2.05, 4.69) is 22.0 Å². The van der Waals surface area contributed by atoms with E-state index in [9.17, 15) is 13.6 Å². The number of benzene rings is 1. The lowest BCUT2D eigenvalue weighted by Gasteiger charge is -2.35. The number of amides is 2. The molecular formula is C20H30F2N4O. The smallest absolute Gasteiger partial charge is 0.317 e. The zero-order valence-electron chi connectivity index (χ0n) is 16.1. The van der Waals surface area contributed by atoms with E-state index in [1.54, 1.807) is 0 Å². The van der Waals surface area contributed by atoms with Gasteiger partial charge in [0.15, 0.2) is 0 Å². The predicted molar refractivity (Wildman–Crippen MR) is 101 cm³/mol. The molecular weight excluding hydrogens is 350 g/mol. The van der Waals surface area contributed by atoms with Gasteiger partial charge in [0.25, 0.3) is 0 Å². The van der Waals surface area contributed by atoms with E-state index < -0.39 is 11.6 Å². The summed E-state index contributed by atoms with van der Waals surface area (Å²) < 4.78 is 26.6. The molecule has 2 fully saturated rings. The van der Waals surface area contributed by atoms with Gasteiger partial charge in [-0.05, 0) is 49.5 Å². The summed E-state index contributed by atoms with van der Waals surface area (Å²) >= 11 is 0. The molecule has 2 heterocycles. The molecule has 2 amide bonds. The van der Waals surface area contributed by atoms with Crippen molar-refractivity contribution in [2.45, 2.75) is 26.3 Å². The Kier molecular flexibility index (Phi) is 7.01. The van der Waals surface area contributed by atoms with E-state index in [1.807, 2.05) is 4.90 Å². The van der Waals surface area contributed by atoms with Crippen LogP contribution in [0.15, 0.2) is 18.2 Å². The third kappa shape index (κ3) is 5.87. The van der Waals surface area contributed by atoms with Crippen molar-refractivity contribution in [3.63, 3.8) is 0 Å². The van der Waals surface area contributed by atoms with Crippen molar-refractivity contribution >= 4 is 6.03 Å². The lowest BCUT2D eigenvalue weighted by atomic mass is 10.1. The number of halogens is 2. The fraction of sp³-hybridized carbons (Fsp3) is 0.650. The SMILES string of the molecule is CCCN1CC[C@@H](CNC(=O)N2CCN(Cc3cc(F)cc(F)c3)CC2)C1. The van der Waals surface area contributed by atoms with Crippen LogP contribution in [-0.4, -0.2) is 73.1 Å². The Morgan fingerprint density at radius 2 is 1.78 bits per heavy atom. The van der Waals surface area contributed by atoms with E-state index in [1.165, 1.54) is 18.6 Å². The highest BCUT2D eigenvalue weighted by Gasteiger charge is 2.25. The predicted octanol–water partition coefficient (Wildman–Crippen LogP) is 2.52. The average Bonchev–Trinajstić information content (AvgIpc) is 3.07. The Bertz CT molecular complexity index is 614. The minimum Gasteiger partial charge on any atom is -0.338 e. The highest BCUT2D eigenvalue weighted by Crippen LogP contribution is 2.16. The maximum Gasteiger partial charge on any atom is 0.317 e. The second kappa shape index (κ2) is 9.46. The number of carbonyl (C=O) groups excluding carboxylic acids is 1. The number of hydrogen-bond acceptors (Lipinski definition) is 3. The molecule has 0 radical (unpaired) electrons. The molecule has 1 atom stereocenters. The van der Waals surface area contributed by atoms with Crippen LogP contribution in [0.3, 0.4) is 0 Å². The molecule has 5 nitrogen and oxygen atoms in total. The summed E-state index contributed by atoms with van der Waals surface area (Å²) in [6.45, 7) is 9.47. The average molecular weight is 380 g/mol. The second-order valence-electron chi connectivity index (χ2n) is 7.68. The van der Waals surface area contributed by atoms with Gasteiger partial charge in [0.2, 0.25) is 0 Å². The maximum atomic E-state index is 13.3. The lowest BCUT2D eigenvalue weighted by Crippen LogP contribution is -2.52. The van der Waals surface area contributed by atoms with Gasteiger partial charge in [0.1, 0.15) is 11.6 Å². The van der Waals surface area contributed by atoms with Crippen LogP contribution in [0.1, 0.15) is 25.3 Å². The van der Waals surface area contributed by atoms with Gasteiger partial charge in [-0.2, -0.15) is 0 Å². The number of carbonyl (C=O) groups is 1. The normalized spacial score (nSPS) is 21.6. The van der Waals surface area contributed by atoms with Gasteiger partial charge in [-0.3, -0.25) is 4.90 Å². The van der Waals surface area contributed by atoms with Crippen LogP contribution in [0.2, 0.25) is 0 Å². The van der Waals surface area contributed by atoms with Gasteiger partial charge in [0, 0.05) is 51.9 Å². The lowest BCUT2D eigenvalue weighted by molar-refractivity contribution is 0.134. The van der Waals surface area contributed by atoms with Crippen LogP contribution in [0, 0.1) is 17.6 Å². The third-order valence-corrected chi connectivity index (χ3v) is 5.44. The molecule has 1 aromatic carbocycles. The summed E-state index contributed by atoms with van der Waals surface area (Å²) in [4.78, 5) is 18.8. The third-order valence-electron chi connectivity index (χ3n) is 5.44. The summed E-state index contributed by atoms with van der Waals surface area (Å²) in [6, 6.07) is 3.62.